The second kappa shape index (κ2) is 5.20. The lowest BCUT2D eigenvalue weighted by molar-refractivity contribution is 0.536. The standard InChI is InChI=1S/C12H16BrN5S/c1-7-16-17-11(18(7)5)19-9-6-8(13)14-10(15-9)12(2,3)4/h6H,1-5H3. The minimum Gasteiger partial charge on any atom is -0.309 e. The van der Waals surface area contributed by atoms with E-state index in [-0.39, 0.29) is 5.41 Å². The molecule has 0 spiro atoms. The molecular weight excluding hydrogens is 326 g/mol. The first-order chi connectivity index (χ1) is 8.77. The van der Waals surface area contributed by atoms with Gasteiger partial charge in [0.15, 0.2) is 5.16 Å². The van der Waals surface area contributed by atoms with Gasteiger partial charge >= 0.3 is 0 Å². The third-order valence-electron chi connectivity index (χ3n) is 2.59. The number of hydrogen-bond acceptors (Lipinski definition) is 5. The summed E-state index contributed by atoms with van der Waals surface area (Å²) in [7, 11) is 1.94. The Kier molecular flexibility index (Phi) is 3.96. The van der Waals surface area contributed by atoms with E-state index < -0.39 is 0 Å². The molecule has 0 aromatic carbocycles. The van der Waals surface area contributed by atoms with Crippen LogP contribution in [0.25, 0.3) is 0 Å². The zero-order chi connectivity index (χ0) is 14.2. The van der Waals surface area contributed by atoms with Crippen molar-refractivity contribution in [3.63, 3.8) is 0 Å². The fourth-order valence-electron chi connectivity index (χ4n) is 1.35. The summed E-state index contributed by atoms with van der Waals surface area (Å²) < 4.78 is 2.73. The monoisotopic (exact) mass is 341 g/mol. The van der Waals surface area contributed by atoms with Gasteiger partial charge in [-0.15, -0.1) is 10.2 Å². The van der Waals surface area contributed by atoms with E-state index >= 15 is 0 Å². The van der Waals surface area contributed by atoms with Crippen LogP contribution in [0, 0.1) is 6.92 Å². The Hall–Kier alpha value is -0.950. The summed E-state index contributed by atoms with van der Waals surface area (Å²) >= 11 is 4.92. The van der Waals surface area contributed by atoms with Crippen LogP contribution >= 0.6 is 27.7 Å². The van der Waals surface area contributed by atoms with E-state index in [1.54, 1.807) is 0 Å². The topological polar surface area (TPSA) is 56.5 Å². The minimum absolute atomic E-state index is 0.0884. The molecule has 0 radical (unpaired) electrons. The van der Waals surface area contributed by atoms with Gasteiger partial charge in [0.1, 0.15) is 21.3 Å². The van der Waals surface area contributed by atoms with Gasteiger partial charge in [-0.2, -0.15) is 0 Å². The predicted octanol–water partition coefficient (Wildman–Crippen LogP) is 3.12. The molecule has 0 saturated heterocycles. The molecule has 0 bridgehead atoms. The molecule has 0 fully saturated rings. The molecule has 0 amide bonds. The summed E-state index contributed by atoms with van der Waals surface area (Å²) in [5.41, 5.74) is -0.0884. The van der Waals surface area contributed by atoms with E-state index in [2.05, 4.69) is 56.9 Å². The molecule has 2 aromatic heterocycles. The highest BCUT2D eigenvalue weighted by molar-refractivity contribution is 9.10. The maximum Gasteiger partial charge on any atom is 0.197 e. The SMILES string of the molecule is Cc1nnc(Sc2cc(Br)nc(C(C)(C)C)n2)n1C. The van der Waals surface area contributed by atoms with Gasteiger partial charge < -0.3 is 4.57 Å². The molecule has 2 rings (SSSR count). The van der Waals surface area contributed by atoms with Gasteiger partial charge in [0.2, 0.25) is 0 Å². The predicted molar refractivity (Wildman–Crippen MR) is 78.3 cm³/mol. The largest absolute Gasteiger partial charge is 0.309 e. The lowest BCUT2D eigenvalue weighted by Gasteiger charge is -2.17. The molecule has 0 saturated carbocycles. The quantitative estimate of drug-likeness (QED) is 0.785. The zero-order valence-corrected chi connectivity index (χ0v) is 14.0. The summed E-state index contributed by atoms with van der Waals surface area (Å²) in [5.74, 6) is 1.69. The van der Waals surface area contributed by atoms with Crippen LogP contribution in [0.4, 0.5) is 0 Å². The van der Waals surface area contributed by atoms with E-state index in [9.17, 15) is 0 Å². The third kappa shape index (κ3) is 3.33. The number of rotatable bonds is 2. The maximum atomic E-state index is 4.59. The first-order valence-corrected chi connectivity index (χ1v) is 7.47. The van der Waals surface area contributed by atoms with Gasteiger partial charge in [0, 0.05) is 18.5 Å². The number of halogens is 1. The third-order valence-corrected chi connectivity index (χ3v) is 3.95. The minimum atomic E-state index is -0.0884. The zero-order valence-electron chi connectivity index (χ0n) is 11.6. The van der Waals surface area contributed by atoms with Gasteiger partial charge in [-0.1, -0.05) is 20.8 Å². The van der Waals surface area contributed by atoms with Crippen molar-refractivity contribution in [2.45, 2.75) is 43.3 Å². The van der Waals surface area contributed by atoms with Crippen molar-refractivity contribution in [1.29, 1.82) is 0 Å². The molecule has 0 aliphatic heterocycles. The fourth-order valence-corrected chi connectivity index (χ4v) is 2.73. The number of aromatic nitrogens is 5. The number of hydrogen-bond donors (Lipinski definition) is 0. The van der Waals surface area contributed by atoms with Crippen LogP contribution in [0.5, 0.6) is 0 Å². The highest BCUT2D eigenvalue weighted by atomic mass is 79.9. The van der Waals surface area contributed by atoms with Gasteiger partial charge in [0.25, 0.3) is 0 Å². The van der Waals surface area contributed by atoms with Crippen molar-refractivity contribution >= 4 is 27.7 Å². The maximum absolute atomic E-state index is 4.59. The van der Waals surface area contributed by atoms with Crippen LogP contribution in [-0.4, -0.2) is 24.7 Å². The molecule has 0 aliphatic carbocycles. The summed E-state index contributed by atoms with van der Waals surface area (Å²) in [5, 5.41) is 9.86. The smallest absolute Gasteiger partial charge is 0.197 e. The van der Waals surface area contributed by atoms with E-state index in [0.29, 0.717) is 0 Å². The summed E-state index contributed by atoms with van der Waals surface area (Å²) in [6.45, 7) is 8.20. The number of nitrogens with zero attached hydrogens (tertiary/aromatic N) is 5. The Labute approximate surface area is 125 Å². The normalized spacial score (nSPS) is 11.9. The molecule has 5 nitrogen and oxygen atoms in total. The highest BCUT2D eigenvalue weighted by Gasteiger charge is 2.19. The lowest BCUT2D eigenvalue weighted by Crippen LogP contribution is -2.16. The van der Waals surface area contributed by atoms with Crippen LogP contribution in [0.3, 0.4) is 0 Å². The summed E-state index contributed by atoms with van der Waals surface area (Å²) in [4.78, 5) is 9.01. The Morgan fingerprint density at radius 2 is 1.89 bits per heavy atom. The lowest BCUT2D eigenvalue weighted by atomic mass is 9.96. The van der Waals surface area contributed by atoms with Crippen LogP contribution in [-0.2, 0) is 12.5 Å². The van der Waals surface area contributed by atoms with Crippen LogP contribution in [0.2, 0.25) is 0 Å². The molecule has 2 heterocycles. The molecule has 0 aliphatic rings. The van der Waals surface area contributed by atoms with Gasteiger partial charge in [0.05, 0.1) is 0 Å². The fraction of sp³-hybridized carbons (Fsp3) is 0.500. The molecule has 0 unspecified atom stereocenters. The van der Waals surface area contributed by atoms with Crippen molar-refractivity contribution in [3.8, 4) is 0 Å². The van der Waals surface area contributed by atoms with Crippen molar-refractivity contribution in [1.82, 2.24) is 24.7 Å². The van der Waals surface area contributed by atoms with Crippen LogP contribution < -0.4 is 0 Å². The van der Waals surface area contributed by atoms with E-state index in [4.69, 9.17) is 0 Å². The molecule has 0 N–H and O–H groups in total. The van der Waals surface area contributed by atoms with Crippen LogP contribution in [0.1, 0.15) is 32.4 Å². The summed E-state index contributed by atoms with van der Waals surface area (Å²) in [6.07, 6.45) is 0. The molecule has 0 atom stereocenters. The van der Waals surface area contributed by atoms with E-state index in [0.717, 1.165) is 26.4 Å². The first-order valence-electron chi connectivity index (χ1n) is 5.86. The average Bonchev–Trinajstić information content (AvgIpc) is 2.59. The molecule has 102 valence electrons. The molecule has 19 heavy (non-hydrogen) atoms. The van der Waals surface area contributed by atoms with Crippen LogP contribution in [0.15, 0.2) is 20.9 Å². The second-order valence-electron chi connectivity index (χ2n) is 5.29. The van der Waals surface area contributed by atoms with Gasteiger partial charge in [-0.25, -0.2) is 9.97 Å². The average molecular weight is 342 g/mol. The van der Waals surface area contributed by atoms with Crippen molar-refractivity contribution < 1.29 is 0 Å². The Morgan fingerprint density at radius 3 is 2.42 bits per heavy atom. The molecule has 2 aromatic rings. The van der Waals surface area contributed by atoms with Crippen molar-refractivity contribution in [2.75, 3.05) is 0 Å². The second-order valence-corrected chi connectivity index (χ2v) is 7.09. The Morgan fingerprint density at radius 1 is 1.21 bits per heavy atom. The first kappa shape index (κ1) is 14.5. The van der Waals surface area contributed by atoms with Crippen molar-refractivity contribution in [3.05, 3.63) is 22.3 Å². The molecular formula is C12H16BrN5S. The summed E-state index contributed by atoms with van der Waals surface area (Å²) in [6, 6.07) is 1.89. The Balaban J connectivity index is 2.36. The number of aryl methyl sites for hydroxylation is 1. The van der Waals surface area contributed by atoms with Crippen molar-refractivity contribution in [2.24, 2.45) is 7.05 Å². The Bertz CT molecular complexity index is 603. The highest BCUT2D eigenvalue weighted by Crippen LogP contribution is 2.28. The van der Waals surface area contributed by atoms with E-state index in [1.807, 2.05) is 24.6 Å². The van der Waals surface area contributed by atoms with E-state index in [1.165, 1.54) is 11.8 Å². The van der Waals surface area contributed by atoms with Gasteiger partial charge in [-0.3, -0.25) is 0 Å². The molecule has 7 heteroatoms. The van der Waals surface area contributed by atoms with Gasteiger partial charge in [-0.05, 0) is 34.6 Å².